The minimum Gasteiger partial charge on any atom is -0.507 e. The van der Waals surface area contributed by atoms with E-state index in [-0.39, 0.29) is 11.3 Å². The molecule has 32 heavy (non-hydrogen) atoms. The van der Waals surface area contributed by atoms with Crippen molar-refractivity contribution in [2.45, 2.75) is 39.3 Å². The van der Waals surface area contributed by atoms with Crippen LogP contribution >= 0.6 is 0 Å². The van der Waals surface area contributed by atoms with Gasteiger partial charge < -0.3 is 15.3 Å². The summed E-state index contributed by atoms with van der Waals surface area (Å²) in [5, 5.41) is 19.6. The molecular weight excluding hydrogens is 400 g/mol. The molecule has 3 aromatic heterocycles. The monoisotopic (exact) mass is 430 g/mol. The third kappa shape index (κ3) is 3.88. The average molecular weight is 431 g/mol. The SMILES string of the molecule is C[C@H]1CN(c2ccc3nc(-c4cc5cn(C)nc5cc4O)ccc3n2)C[C@@H]1NC(C)(C)C. The zero-order valence-corrected chi connectivity index (χ0v) is 19.3. The number of pyridine rings is 2. The van der Waals surface area contributed by atoms with E-state index >= 15 is 0 Å². The molecule has 166 valence electrons. The van der Waals surface area contributed by atoms with E-state index in [1.165, 1.54) is 0 Å². The molecule has 0 bridgehead atoms. The molecule has 2 atom stereocenters. The summed E-state index contributed by atoms with van der Waals surface area (Å²) in [5.74, 6) is 1.71. The van der Waals surface area contributed by atoms with Gasteiger partial charge in [0.25, 0.3) is 0 Å². The maximum Gasteiger partial charge on any atom is 0.129 e. The fourth-order valence-electron chi connectivity index (χ4n) is 4.61. The molecule has 0 aliphatic carbocycles. The van der Waals surface area contributed by atoms with Crippen LogP contribution in [0.4, 0.5) is 5.82 Å². The number of phenols is 1. The standard InChI is InChI=1S/C25H30N6O/c1-15-12-31(14-22(15)28-25(2,3)4)24-9-8-19-20(27-24)7-6-18(26-19)17-10-16-13-30(5)29-21(16)11-23(17)32/h6-11,13,15,22,28,32H,12,14H2,1-5H3/t15-,22-/m0/s1. The summed E-state index contributed by atoms with van der Waals surface area (Å²) in [6, 6.07) is 12.0. The molecule has 1 aliphatic rings. The Morgan fingerprint density at radius 3 is 2.53 bits per heavy atom. The van der Waals surface area contributed by atoms with Crippen molar-refractivity contribution >= 4 is 27.8 Å². The normalized spacial score (nSPS) is 19.3. The van der Waals surface area contributed by atoms with E-state index in [9.17, 15) is 5.11 Å². The van der Waals surface area contributed by atoms with Crippen molar-refractivity contribution in [3.05, 3.63) is 42.6 Å². The molecule has 4 heterocycles. The minimum absolute atomic E-state index is 0.0937. The van der Waals surface area contributed by atoms with E-state index < -0.39 is 0 Å². The average Bonchev–Trinajstić information content (AvgIpc) is 3.26. The number of anilines is 1. The summed E-state index contributed by atoms with van der Waals surface area (Å²) in [7, 11) is 1.87. The van der Waals surface area contributed by atoms with E-state index in [2.05, 4.69) is 49.1 Å². The number of nitrogens with one attached hydrogen (secondary N) is 1. The highest BCUT2D eigenvalue weighted by Gasteiger charge is 2.32. The molecule has 1 aliphatic heterocycles. The lowest BCUT2D eigenvalue weighted by molar-refractivity contribution is 0.334. The van der Waals surface area contributed by atoms with E-state index in [1.54, 1.807) is 10.7 Å². The number of benzene rings is 1. The van der Waals surface area contributed by atoms with Crippen LogP contribution < -0.4 is 10.2 Å². The van der Waals surface area contributed by atoms with Gasteiger partial charge in [-0.1, -0.05) is 6.92 Å². The third-order valence-corrected chi connectivity index (χ3v) is 6.09. The van der Waals surface area contributed by atoms with Crippen molar-refractivity contribution in [2.75, 3.05) is 18.0 Å². The Morgan fingerprint density at radius 2 is 1.75 bits per heavy atom. The second-order valence-corrected chi connectivity index (χ2v) is 10.0. The van der Waals surface area contributed by atoms with Crippen molar-refractivity contribution in [3.8, 4) is 17.0 Å². The predicted octanol–water partition coefficient (Wildman–Crippen LogP) is 4.10. The summed E-state index contributed by atoms with van der Waals surface area (Å²) in [6.45, 7) is 10.9. The molecule has 0 spiro atoms. The van der Waals surface area contributed by atoms with Gasteiger partial charge in [-0.05, 0) is 57.0 Å². The van der Waals surface area contributed by atoms with Crippen LogP contribution in [-0.2, 0) is 7.05 Å². The Hall–Kier alpha value is -3.19. The lowest BCUT2D eigenvalue weighted by Gasteiger charge is -2.28. The second kappa shape index (κ2) is 7.45. The van der Waals surface area contributed by atoms with Gasteiger partial charge in [-0.15, -0.1) is 0 Å². The Morgan fingerprint density at radius 1 is 1.00 bits per heavy atom. The Bertz CT molecular complexity index is 1310. The Balaban J connectivity index is 1.44. The summed E-state index contributed by atoms with van der Waals surface area (Å²) in [5.41, 5.74) is 3.94. The van der Waals surface area contributed by atoms with Crippen molar-refractivity contribution < 1.29 is 5.11 Å². The maximum atomic E-state index is 10.5. The summed E-state index contributed by atoms with van der Waals surface area (Å²) in [6.07, 6.45) is 1.94. The molecule has 1 aromatic carbocycles. The molecule has 0 saturated carbocycles. The highest BCUT2D eigenvalue weighted by molar-refractivity contribution is 5.88. The van der Waals surface area contributed by atoms with Gasteiger partial charge in [0.1, 0.15) is 11.6 Å². The number of aryl methyl sites for hydroxylation is 1. The predicted molar refractivity (Wildman–Crippen MR) is 129 cm³/mol. The molecule has 0 radical (unpaired) electrons. The van der Waals surface area contributed by atoms with E-state index in [4.69, 9.17) is 9.97 Å². The highest BCUT2D eigenvalue weighted by Crippen LogP contribution is 2.33. The Labute approximate surface area is 188 Å². The Kier molecular flexibility index (Phi) is 4.82. The summed E-state index contributed by atoms with van der Waals surface area (Å²) >= 11 is 0. The second-order valence-electron chi connectivity index (χ2n) is 10.0. The van der Waals surface area contributed by atoms with Crippen LogP contribution in [0.2, 0.25) is 0 Å². The molecule has 4 aromatic rings. The van der Waals surface area contributed by atoms with Crippen molar-refractivity contribution in [1.29, 1.82) is 0 Å². The number of phenolic OH excluding ortho intramolecular Hbond substituents is 1. The van der Waals surface area contributed by atoms with Gasteiger partial charge in [0, 0.05) is 54.9 Å². The molecule has 2 N–H and O–H groups in total. The lowest BCUT2D eigenvalue weighted by Crippen LogP contribution is -2.47. The van der Waals surface area contributed by atoms with Crippen LogP contribution in [-0.4, -0.2) is 49.5 Å². The van der Waals surface area contributed by atoms with E-state index in [1.807, 2.05) is 37.5 Å². The fraction of sp³-hybridized carbons (Fsp3) is 0.400. The van der Waals surface area contributed by atoms with Crippen LogP contribution in [0.3, 0.4) is 0 Å². The molecule has 0 unspecified atom stereocenters. The summed E-state index contributed by atoms with van der Waals surface area (Å²) < 4.78 is 1.74. The quantitative estimate of drug-likeness (QED) is 0.509. The summed E-state index contributed by atoms with van der Waals surface area (Å²) in [4.78, 5) is 12.0. The van der Waals surface area contributed by atoms with Gasteiger partial charge in [-0.25, -0.2) is 9.97 Å². The maximum absolute atomic E-state index is 10.5. The number of aromatic hydroxyl groups is 1. The molecule has 1 saturated heterocycles. The van der Waals surface area contributed by atoms with Gasteiger partial charge >= 0.3 is 0 Å². The zero-order chi connectivity index (χ0) is 22.6. The van der Waals surface area contributed by atoms with Gasteiger partial charge in [0.15, 0.2) is 0 Å². The number of rotatable bonds is 3. The molecule has 7 heteroatoms. The zero-order valence-electron chi connectivity index (χ0n) is 19.3. The lowest BCUT2D eigenvalue weighted by atomic mass is 10.0. The van der Waals surface area contributed by atoms with Crippen LogP contribution in [0, 0.1) is 5.92 Å². The molecule has 1 fully saturated rings. The van der Waals surface area contributed by atoms with Gasteiger partial charge in [0.2, 0.25) is 0 Å². The van der Waals surface area contributed by atoms with Crippen LogP contribution in [0.1, 0.15) is 27.7 Å². The first kappa shape index (κ1) is 20.7. The van der Waals surface area contributed by atoms with Crippen molar-refractivity contribution in [3.63, 3.8) is 0 Å². The fourth-order valence-corrected chi connectivity index (χ4v) is 4.61. The first-order valence-corrected chi connectivity index (χ1v) is 11.1. The van der Waals surface area contributed by atoms with Crippen LogP contribution in [0.25, 0.3) is 33.2 Å². The molecular formula is C25H30N6O. The third-order valence-electron chi connectivity index (χ3n) is 6.09. The van der Waals surface area contributed by atoms with Crippen molar-refractivity contribution in [1.82, 2.24) is 25.1 Å². The van der Waals surface area contributed by atoms with Gasteiger partial charge in [-0.2, -0.15) is 5.10 Å². The van der Waals surface area contributed by atoms with E-state index in [0.29, 0.717) is 17.5 Å². The number of nitrogens with zero attached hydrogens (tertiary/aromatic N) is 5. The number of fused-ring (bicyclic) bond motifs is 2. The minimum atomic E-state index is 0.0937. The van der Waals surface area contributed by atoms with Gasteiger partial charge in [0.05, 0.1) is 22.2 Å². The molecule has 7 nitrogen and oxygen atoms in total. The van der Waals surface area contributed by atoms with Crippen LogP contribution in [0.5, 0.6) is 5.75 Å². The largest absolute Gasteiger partial charge is 0.507 e. The molecule has 0 amide bonds. The highest BCUT2D eigenvalue weighted by atomic mass is 16.3. The number of hydrogen-bond acceptors (Lipinski definition) is 6. The number of hydrogen-bond donors (Lipinski definition) is 2. The number of aromatic nitrogens is 4. The first-order valence-electron chi connectivity index (χ1n) is 11.1. The molecule has 5 rings (SSSR count). The van der Waals surface area contributed by atoms with E-state index in [0.717, 1.165) is 46.5 Å². The van der Waals surface area contributed by atoms with Gasteiger partial charge in [-0.3, -0.25) is 4.68 Å². The van der Waals surface area contributed by atoms with Crippen molar-refractivity contribution in [2.24, 2.45) is 13.0 Å². The smallest absolute Gasteiger partial charge is 0.129 e. The van der Waals surface area contributed by atoms with Crippen LogP contribution in [0.15, 0.2) is 42.6 Å². The topological polar surface area (TPSA) is 79.1 Å². The first-order chi connectivity index (χ1) is 15.2.